The van der Waals surface area contributed by atoms with Crippen molar-refractivity contribution in [2.45, 2.75) is 20.8 Å². The number of aromatic amines is 3. The summed E-state index contributed by atoms with van der Waals surface area (Å²) in [5, 5.41) is 48.8. The largest absolute Gasteiger partial charge is 0.368 e. The van der Waals surface area contributed by atoms with Crippen LogP contribution >= 0.6 is 69.6 Å². The number of hydrogen-bond acceptors (Lipinski definition) is 21. The van der Waals surface area contributed by atoms with E-state index in [-0.39, 0.29) is 0 Å². The molecule has 0 aliphatic heterocycles. The lowest BCUT2D eigenvalue weighted by molar-refractivity contribution is 1.02. The summed E-state index contributed by atoms with van der Waals surface area (Å²) in [7, 11) is 0. The zero-order valence-corrected chi connectivity index (χ0v) is 55.6. The fourth-order valence-corrected chi connectivity index (χ4v) is 10.5. The average molecular weight is 1400 g/mol. The van der Waals surface area contributed by atoms with E-state index in [1.807, 2.05) is 57.2 Å². The number of H-pyrrole nitrogens is 3. The zero-order chi connectivity index (χ0) is 67.5. The first-order chi connectivity index (χ1) is 46.6. The molecule has 12 aromatic rings. The Morgan fingerprint density at radius 1 is 0.323 bits per heavy atom. The van der Waals surface area contributed by atoms with Gasteiger partial charge in [0.05, 0.1) is 65.5 Å². The fraction of sp³-hybridized carbons (Fsp3) is 0.136. The van der Waals surface area contributed by atoms with Gasteiger partial charge in [0, 0.05) is 144 Å². The Morgan fingerprint density at radius 3 is 0.833 bits per heavy atom. The molecule has 30 heteroatoms. The van der Waals surface area contributed by atoms with Crippen LogP contribution in [0.5, 0.6) is 0 Å². The van der Waals surface area contributed by atoms with E-state index in [4.69, 9.17) is 100 Å². The highest BCUT2D eigenvalue weighted by Crippen LogP contribution is 2.38. The van der Waals surface area contributed by atoms with Gasteiger partial charge in [-0.2, -0.15) is 15.8 Å². The number of aryl methyl sites for hydroxylation is 3. The van der Waals surface area contributed by atoms with Crippen molar-refractivity contribution in [3.05, 3.63) is 211 Å². The minimum Gasteiger partial charge on any atom is -0.368 e. The van der Waals surface area contributed by atoms with Crippen molar-refractivity contribution in [3.8, 4) is 86.1 Å². The lowest BCUT2D eigenvalue weighted by Crippen LogP contribution is -2.16. The van der Waals surface area contributed by atoms with Gasteiger partial charge in [0.2, 0.25) is 17.8 Å². The molecule has 3 aromatic carbocycles. The summed E-state index contributed by atoms with van der Waals surface area (Å²) < 4.78 is 0. The van der Waals surface area contributed by atoms with Crippen LogP contribution in [0.3, 0.4) is 0 Å². The molecule has 12 rings (SSSR count). The average Bonchev–Trinajstić information content (AvgIpc) is 1.25. The highest BCUT2D eigenvalue weighted by atomic mass is 35.5. The molecule has 0 bridgehead atoms. The van der Waals surface area contributed by atoms with Crippen molar-refractivity contribution in [2.24, 2.45) is 0 Å². The van der Waals surface area contributed by atoms with Crippen molar-refractivity contribution in [1.29, 1.82) is 15.8 Å². The number of hydrogen-bond donors (Lipinski definition) is 9. The van der Waals surface area contributed by atoms with E-state index in [0.717, 1.165) is 50.5 Å². The number of benzene rings is 3. The Morgan fingerprint density at radius 2 is 0.604 bits per heavy atom. The highest BCUT2D eigenvalue weighted by molar-refractivity contribution is 6.37. The molecule has 0 spiro atoms. The van der Waals surface area contributed by atoms with Crippen molar-refractivity contribution >= 4 is 105 Å². The maximum Gasteiger partial charge on any atom is 0.223 e. The SMILES string of the molecule is Cc1cnc(-c2cnc(NCCNc3ccc(C#N)cn3)nc2-c2ccc(Cl)cc2Cl)[nH]1.Cc1cnc(-c2cnc(NCCNc3ccc(C#N)cn3)nc2-c2ccc(Cl)cc2Cl)[nH]1.Cc1cnc(-c2cnc(NCCNc3ccc(C#N)cn3)nc2-c2ccc(Cl)cc2Cl)[nH]1. The molecule has 96 heavy (non-hydrogen) atoms. The van der Waals surface area contributed by atoms with Crippen molar-refractivity contribution in [2.75, 3.05) is 71.2 Å². The standard InChI is InChI=1S/3C22H18Cl2N8/c3*1-13-10-29-21(31-13)17-12-30-22(32-20(17)16-4-3-15(23)8-18(16)24)27-7-6-26-19-5-2-14(9-25)11-28-19/h3*2-5,8,10-12H,6-7H2,1H3,(H,26,28)(H,29,31)(H,27,30,32). The summed E-state index contributed by atoms with van der Waals surface area (Å²) in [5.41, 5.74) is 10.6. The summed E-state index contributed by atoms with van der Waals surface area (Å²) >= 11 is 37.6. The zero-order valence-electron chi connectivity index (χ0n) is 51.1. The van der Waals surface area contributed by atoms with Gasteiger partial charge in [-0.1, -0.05) is 69.6 Å². The molecule has 0 amide bonds. The monoisotopic (exact) mass is 1390 g/mol. The number of anilines is 6. The van der Waals surface area contributed by atoms with E-state index < -0.39 is 0 Å². The summed E-state index contributed by atoms with van der Waals surface area (Å²) in [6.07, 6.45) is 14.9. The van der Waals surface area contributed by atoms with Gasteiger partial charge in [0.25, 0.3) is 0 Å². The van der Waals surface area contributed by atoms with Crippen LogP contribution in [0.1, 0.15) is 33.8 Å². The third-order valence-electron chi connectivity index (χ3n) is 13.6. The summed E-state index contributed by atoms with van der Waals surface area (Å²) in [6, 6.07) is 32.4. The number of aromatic nitrogens is 15. The molecule has 0 saturated carbocycles. The lowest BCUT2D eigenvalue weighted by atomic mass is 10.1. The molecule has 9 heterocycles. The molecule has 0 atom stereocenters. The van der Waals surface area contributed by atoms with Gasteiger partial charge in [0.15, 0.2) is 0 Å². The molecule has 9 aromatic heterocycles. The second kappa shape index (κ2) is 32.7. The Hall–Kier alpha value is -11.0. The van der Waals surface area contributed by atoms with Crippen LogP contribution in [0.4, 0.5) is 35.3 Å². The quantitative estimate of drug-likeness (QED) is 0.0302. The lowest BCUT2D eigenvalue weighted by Gasteiger charge is -2.12. The number of imidazole rings is 3. The van der Waals surface area contributed by atoms with Crippen molar-refractivity contribution in [1.82, 2.24) is 74.8 Å². The molecule has 480 valence electrons. The molecular weight excluding hydrogens is 1340 g/mol. The third kappa shape index (κ3) is 18.2. The van der Waals surface area contributed by atoms with Crippen LogP contribution < -0.4 is 31.9 Å². The van der Waals surface area contributed by atoms with Crippen molar-refractivity contribution in [3.63, 3.8) is 0 Å². The van der Waals surface area contributed by atoms with E-state index in [9.17, 15) is 0 Å². The minimum atomic E-state index is 0.452. The Balaban J connectivity index is 0.000000157. The first-order valence-corrected chi connectivity index (χ1v) is 31.4. The minimum absolute atomic E-state index is 0.452. The molecule has 0 saturated heterocycles. The Labute approximate surface area is 580 Å². The molecule has 0 radical (unpaired) electrons. The van der Waals surface area contributed by atoms with E-state index in [0.29, 0.717) is 156 Å². The van der Waals surface area contributed by atoms with Crippen LogP contribution in [0.2, 0.25) is 30.1 Å². The van der Waals surface area contributed by atoms with Gasteiger partial charge in [0.1, 0.15) is 53.1 Å². The Kier molecular flexibility index (Phi) is 23.1. The second-order valence-electron chi connectivity index (χ2n) is 20.7. The maximum absolute atomic E-state index is 8.84. The molecule has 0 aliphatic rings. The molecular formula is C66H54Cl6N24. The van der Waals surface area contributed by atoms with Crippen LogP contribution in [-0.4, -0.2) is 114 Å². The first kappa shape index (κ1) is 67.9. The molecule has 24 nitrogen and oxygen atoms in total. The number of nitriles is 3. The van der Waals surface area contributed by atoms with Gasteiger partial charge >= 0.3 is 0 Å². The number of rotatable bonds is 21. The number of nitrogens with one attached hydrogen (secondary N) is 9. The van der Waals surface area contributed by atoms with Gasteiger partial charge in [-0.25, -0.2) is 59.8 Å². The van der Waals surface area contributed by atoms with Crippen LogP contribution in [0.15, 0.2) is 147 Å². The van der Waals surface area contributed by atoms with Gasteiger partial charge in [-0.3, -0.25) is 0 Å². The van der Waals surface area contributed by atoms with E-state index in [1.54, 1.807) is 110 Å². The number of nitrogens with zero attached hydrogens (tertiary/aromatic N) is 15. The number of halogens is 6. The smallest absolute Gasteiger partial charge is 0.223 e. The first-order valence-electron chi connectivity index (χ1n) is 29.1. The predicted molar refractivity (Wildman–Crippen MR) is 377 cm³/mol. The van der Waals surface area contributed by atoms with Crippen LogP contribution in [-0.2, 0) is 0 Å². The van der Waals surface area contributed by atoms with Gasteiger partial charge in [-0.05, 0) is 112 Å². The van der Waals surface area contributed by atoms with Gasteiger partial charge < -0.3 is 46.9 Å². The normalized spacial score (nSPS) is 10.6. The van der Waals surface area contributed by atoms with E-state index in [1.165, 1.54) is 18.6 Å². The molecule has 9 N–H and O–H groups in total. The van der Waals surface area contributed by atoms with Gasteiger partial charge in [-0.15, -0.1) is 0 Å². The Bertz CT molecular complexity index is 4310. The summed E-state index contributed by atoms with van der Waals surface area (Å²) in [6.45, 7) is 9.18. The highest BCUT2D eigenvalue weighted by Gasteiger charge is 2.20. The molecule has 0 aliphatic carbocycles. The summed E-state index contributed by atoms with van der Waals surface area (Å²) in [4.78, 5) is 62.8. The van der Waals surface area contributed by atoms with E-state index >= 15 is 0 Å². The molecule has 0 fully saturated rings. The van der Waals surface area contributed by atoms with Crippen LogP contribution in [0.25, 0.3) is 67.9 Å². The van der Waals surface area contributed by atoms with E-state index in [2.05, 4.69) is 91.7 Å². The topological polar surface area (TPSA) is 346 Å². The molecule has 0 unspecified atom stereocenters. The predicted octanol–water partition coefficient (Wildman–Crippen LogP) is 14.8. The second-order valence-corrected chi connectivity index (χ2v) is 23.2. The summed E-state index contributed by atoms with van der Waals surface area (Å²) in [5.74, 6) is 5.38. The van der Waals surface area contributed by atoms with Crippen molar-refractivity contribution < 1.29 is 0 Å². The fourth-order valence-electron chi connectivity index (χ4n) is 9.02. The number of pyridine rings is 3. The third-order valence-corrected chi connectivity index (χ3v) is 15.3. The maximum atomic E-state index is 8.84. The van der Waals surface area contributed by atoms with Crippen LogP contribution in [0, 0.1) is 54.8 Å².